The number of nitrogens with one attached hydrogen (secondary N) is 3. The van der Waals surface area contributed by atoms with Crippen LogP contribution in [0.2, 0.25) is 5.02 Å². The minimum Gasteiger partial charge on any atom is -0.506 e. The fourth-order valence-electron chi connectivity index (χ4n) is 2.17. The number of hydrogen-bond acceptors (Lipinski definition) is 8. The van der Waals surface area contributed by atoms with E-state index in [1.807, 2.05) is 0 Å². The van der Waals surface area contributed by atoms with E-state index in [0.717, 1.165) is 24.6 Å². The number of sulfonamides is 2. The number of phenolic OH excluding ortho intramolecular Hbond substituents is 1. The molecule has 0 aliphatic heterocycles. The second kappa shape index (κ2) is 8.92. The zero-order valence-corrected chi connectivity index (χ0v) is 17.6. The van der Waals surface area contributed by atoms with E-state index >= 15 is 0 Å². The Bertz CT molecular complexity index is 1290. The number of nitrogens with zero attached hydrogens (tertiary/aromatic N) is 2. The monoisotopic (exact) mass is 467 g/mol. The number of allylic oxidation sites excluding steroid dienone is 1. The Hall–Kier alpha value is -3.45. The Morgan fingerprint density at radius 1 is 1.07 bits per heavy atom. The summed E-state index contributed by atoms with van der Waals surface area (Å²) < 4.78 is 52.5. The molecule has 0 aromatic heterocycles. The summed E-state index contributed by atoms with van der Waals surface area (Å²) in [5.41, 5.74) is -0.103. The highest BCUT2D eigenvalue weighted by Gasteiger charge is 2.21. The second-order valence-corrected chi connectivity index (χ2v) is 9.59. The van der Waals surface area contributed by atoms with Gasteiger partial charge in [0.15, 0.2) is 0 Å². The van der Waals surface area contributed by atoms with Crippen LogP contribution in [0.1, 0.15) is 0 Å². The standard InChI is InChI=1S/C17H14ClN5O5S2/c1-29(25,26)22-12-3-2-4-13(5-12)23-30(27,28)17-7-16(24)15(6-14(17)18)21-10-11(8-19)9-20/h2-7,10,21-24H,1H3. The van der Waals surface area contributed by atoms with Gasteiger partial charge in [-0.15, -0.1) is 0 Å². The van der Waals surface area contributed by atoms with Gasteiger partial charge < -0.3 is 10.4 Å². The maximum Gasteiger partial charge on any atom is 0.263 e. The van der Waals surface area contributed by atoms with E-state index in [0.29, 0.717) is 0 Å². The highest BCUT2D eigenvalue weighted by Crippen LogP contribution is 2.34. The SMILES string of the molecule is CS(=O)(=O)Nc1cccc(NS(=O)(=O)c2cc(O)c(NC=C(C#N)C#N)cc2Cl)c1. The van der Waals surface area contributed by atoms with Gasteiger partial charge in [-0.25, -0.2) is 16.8 Å². The molecule has 0 aliphatic rings. The van der Waals surface area contributed by atoms with Crippen molar-refractivity contribution in [2.45, 2.75) is 4.90 Å². The van der Waals surface area contributed by atoms with Crippen molar-refractivity contribution in [2.24, 2.45) is 0 Å². The molecular formula is C17H14ClN5O5S2. The Balaban J connectivity index is 2.34. The molecule has 13 heteroatoms. The van der Waals surface area contributed by atoms with Crippen LogP contribution >= 0.6 is 11.6 Å². The van der Waals surface area contributed by atoms with Gasteiger partial charge in [0.1, 0.15) is 28.4 Å². The average Bonchev–Trinajstić information content (AvgIpc) is 2.63. The van der Waals surface area contributed by atoms with Crippen molar-refractivity contribution in [3.05, 3.63) is 53.2 Å². The maximum atomic E-state index is 12.7. The molecule has 0 atom stereocenters. The lowest BCUT2D eigenvalue weighted by molar-refractivity contribution is 0.475. The predicted octanol–water partition coefficient (Wildman–Crippen LogP) is 2.56. The number of benzene rings is 2. The molecule has 0 fully saturated rings. The number of phenols is 1. The fourth-order valence-corrected chi connectivity index (χ4v) is 4.33. The van der Waals surface area contributed by atoms with Crippen molar-refractivity contribution in [1.29, 1.82) is 10.5 Å². The molecule has 156 valence electrons. The normalized spacial score (nSPS) is 10.9. The highest BCUT2D eigenvalue weighted by atomic mass is 35.5. The summed E-state index contributed by atoms with van der Waals surface area (Å²) in [5.74, 6) is -0.501. The van der Waals surface area contributed by atoms with E-state index in [2.05, 4.69) is 14.8 Å². The smallest absolute Gasteiger partial charge is 0.263 e. The maximum absolute atomic E-state index is 12.7. The zero-order chi connectivity index (χ0) is 22.5. The van der Waals surface area contributed by atoms with Gasteiger partial charge in [-0.3, -0.25) is 9.44 Å². The van der Waals surface area contributed by atoms with Crippen molar-refractivity contribution in [3.8, 4) is 17.9 Å². The third kappa shape index (κ3) is 6.02. The van der Waals surface area contributed by atoms with Crippen LogP contribution < -0.4 is 14.8 Å². The van der Waals surface area contributed by atoms with Crippen LogP contribution in [-0.2, 0) is 20.0 Å². The number of rotatable bonds is 7. The first-order chi connectivity index (χ1) is 13.9. The molecule has 0 spiro atoms. The number of halogens is 1. The summed E-state index contributed by atoms with van der Waals surface area (Å²) in [6.07, 6.45) is 1.98. The molecule has 30 heavy (non-hydrogen) atoms. The van der Waals surface area contributed by atoms with Gasteiger partial charge in [-0.1, -0.05) is 17.7 Å². The van der Waals surface area contributed by atoms with Gasteiger partial charge in [-0.2, -0.15) is 10.5 Å². The van der Waals surface area contributed by atoms with E-state index in [9.17, 15) is 21.9 Å². The summed E-state index contributed by atoms with van der Waals surface area (Å²) in [6.45, 7) is 0. The van der Waals surface area contributed by atoms with E-state index < -0.39 is 30.7 Å². The molecule has 2 rings (SSSR count). The number of nitriles is 2. The van der Waals surface area contributed by atoms with Crippen molar-refractivity contribution < 1.29 is 21.9 Å². The molecule has 0 heterocycles. The molecule has 10 nitrogen and oxygen atoms in total. The molecule has 2 aromatic rings. The van der Waals surface area contributed by atoms with Crippen LogP contribution in [0, 0.1) is 22.7 Å². The number of anilines is 3. The van der Waals surface area contributed by atoms with Gasteiger partial charge >= 0.3 is 0 Å². The Morgan fingerprint density at radius 2 is 1.67 bits per heavy atom. The molecule has 0 bridgehead atoms. The lowest BCUT2D eigenvalue weighted by Gasteiger charge is -2.13. The van der Waals surface area contributed by atoms with Gasteiger partial charge in [0.05, 0.1) is 28.3 Å². The van der Waals surface area contributed by atoms with E-state index in [4.69, 9.17) is 22.1 Å². The minimum atomic E-state index is -4.25. The van der Waals surface area contributed by atoms with Crippen molar-refractivity contribution in [2.75, 3.05) is 21.0 Å². The zero-order valence-electron chi connectivity index (χ0n) is 15.2. The molecule has 0 saturated heterocycles. The molecule has 0 radical (unpaired) electrons. The van der Waals surface area contributed by atoms with E-state index in [-0.39, 0.29) is 27.7 Å². The minimum absolute atomic E-state index is 0.0266. The van der Waals surface area contributed by atoms with Gasteiger partial charge in [0.25, 0.3) is 10.0 Å². The largest absolute Gasteiger partial charge is 0.506 e. The van der Waals surface area contributed by atoms with Gasteiger partial charge in [-0.05, 0) is 24.3 Å². The van der Waals surface area contributed by atoms with Crippen LogP contribution in [0.3, 0.4) is 0 Å². The topological polar surface area (TPSA) is 172 Å². The first-order valence-corrected chi connectivity index (χ1v) is 11.6. The van der Waals surface area contributed by atoms with Crippen LogP contribution in [0.15, 0.2) is 53.1 Å². The highest BCUT2D eigenvalue weighted by molar-refractivity contribution is 7.93. The van der Waals surface area contributed by atoms with Crippen molar-refractivity contribution >= 4 is 48.7 Å². The first kappa shape index (κ1) is 22.8. The number of aromatic hydroxyl groups is 1. The summed E-state index contributed by atoms with van der Waals surface area (Å²) in [7, 11) is -7.81. The summed E-state index contributed by atoms with van der Waals surface area (Å²) in [4.78, 5) is -0.446. The summed E-state index contributed by atoms with van der Waals surface area (Å²) >= 11 is 6.04. The number of hydrogen-bond donors (Lipinski definition) is 4. The predicted molar refractivity (Wildman–Crippen MR) is 112 cm³/mol. The summed E-state index contributed by atoms with van der Waals surface area (Å²) in [5, 5.41) is 29.7. The van der Waals surface area contributed by atoms with Crippen LogP contribution in [-0.4, -0.2) is 28.2 Å². The molecule has 0 saturated carbocycles. The van der Waals surface area contributed by atoms with E-state index in [1.165, 1.54) is 24.3 Å². The third-order valence-corrected chi connectivity index (χ3v) is 5.82. The molecular weight excluding hydrogens is 454 g/mol. The van der Waals surface area contributed by atoms with Crippen LogP contribution in [0.4, 0.5) is 17.1 Å². The van der Waals surface area contributed by atoms with Crippen LogP contribution in [0.25, 0.3) is 0 Å². The Labute approximate surface area is 178 Å². The van der Waals surface area contributed by atoms with Crippen molar-refractivity contribution in [1.82, 2.24) is 0 Å². The quantitative estimate of drug-likeness (QED) is 0.355. The summed E-state index contributed by atoms with van der Waals surface area (Å²) in [6, 6.07) is 10.7. The Morgan fingerprint density at radius 3 is 2.23 bits per heavy atom. The molecule has 4 N–H and O–H groups in total. The average molecular weight is 468 g/mol. The van der Waals surface area contributed by atoms with E-state index in [1.54, 1.807) is 12.1 Å². The first-order valence-electron chi connectivity index (χ1n) is 7.85. The molecule has 2 aromatic carbocycles. The van der Waals surface area contributed by atoms with Crippen molar-refractivity contribution in [3.63, 3.8) is 0 Å². The molecule has 0 unspecified atom stereocenters. The lowest BCUT2D eigenvalue weighted by atomic mass is 10.3. The third-order valence-electron chi connectivity index (χ3n) is 3.37. The fraction of sp³-hybridized carbons (Fsp3) is 0.0588. The van der Waals surface area contributed by atoms with Crippen LogP contribution in [0.5, 0.6) is 5.75 Å². The lowest BCUT2D eigenvalue weighted by Crippen LogP contribution is -2.14. The van der Waals surface area contributed by atoms with Gasteiger partial charge in [0.2, 0.25) is 10.0 Å². The second-order valence-electron chi connectivity index (χ2n) is 5.79. The Kier molecular flexibility index (Phi) is 6.79. The van der Waals surface area contributed by atoms with Gasteiger partial charge in [0, 0.05) is 12.3 Å². The molecule has 0 aliphatic carbocycles. The molecule has 0 amide bonds.